The molecular formula is C11H10O6. The number of aliphatic hydroxyl groups excluding tert-OH is 2. The number of rotatable bonds is 2. The predicted molar refractivity (Wildman–Crippen MR) is 57.7 cm³/mol. The Kier molecular flexibility index (Phi) is 2.74. The van der Waals surface area contributed by atoms with Gasteiger partial charge in [-0.2, -0.15) is 0 Å². The fraction of sp³-hybridized carbons (Fsp3) is 0.182. The monoisotopic (exact) mass is 238 g/mol. The summed E-state index contributed by atoms with van der Waals surface area (Å²) in [4.78, 5) is 11.6. The second kappa shape index (κ2) is 4.08. The standard InChI is InChI=1S/C11H10O6/c12-3-6-1-5-2-8(14)7(4-13)10(15)9(5)11(16)17-6/h1-2,12-15H,3-4H2. The van der Waals surface area contributed by atoms with Crippen molar-refractivity contribution in [3.05, 3.63) is 33.9 Å². The molecule has 0 amide bonds. The lowest BCUT2D eigenvalue weighted by atomic mass is 10.1. The van der Waals surface area contributed by atoms with Crippen LogP contribution in [0.25, 0.3) is 10.8 Å². The van der Waals surface area contributed by atoms with E-state index in [-0.39, 0.29) is 27.8 Å². The van der Waals surface area contributed by atoms with Crippen molar-refractivity contribution in [3.63, 3.8) is 0 Å². The van der Waals surface area contributed by atoms with Gasteiger partial charge in [-0.25, -0.2) is 4.79 Å². The first-order valence-corrected chi connectivity index (χ1v) is 4.80. The van der Waals surface area contributed by atoms with E-state index in [9.17, 15) is 15.0 Å². The van der Waals surface area contributed by atoms with Crippen LogP contribution in [0, 0.1) is 0 Å². The minimum Gasteiger partial charge on any atom is -0.507 e. The van der Waals surface area contributed by atoms with Crippen LogP contribution in [-0.2, 0) is 13.2 Å². The Bertz CT molecular complexity index is 628. The summed E-state index contributed by atoms with van der Waals surface area (Å²) in [5.41, 5.74) is -0.972. The second-order valence-electron chi connectivity index (χ2n) is 3.50. The van der Waals surface area contributed by atoms with Crippen LogP contribution in [0.5, 0.6) is 11.5 Å². The largest absolute Gasteiger partial charge is 0.507 e. The quantitative estimate of drug-likeness (QED) is 0.594. The zero-order valence-electron chi connectivity index (χ0n) is 8.67. The molecule has 2 aromatic rings. The molecule has 6 heteroatoms. The van der Waals surface area contributed by atoms with Crippen molar-refractivity contribution in [1.29, 1.82) is 0 Å². The van der Waals surface area contributed by atoms with Crippen LogP contribution in [0.4, 0.5) is 0 Å². The lowest BCUT2D eigenvalue weighted by Crippen LogP contribution is -2.04. The maximum absolute atomic E-state index is 11.6. The van der Waals surface area contributed by atoms with Crippen LogP contribution >= 0.6 is 0 Å². The van der Waals surface area contributed by atoms with Gasteiger partial charge in [0.25, 0.3) is 0 Å². The fourth-order valence-corrected chi connectivity index (χ4v) is 1.65. The molecule has 6 nitrogen and oxygen atoms in total. The molecule has 0 bridgehead atoms. The molecule has 2 rings (SSSR count). The molecule has 0 unspecified atom stereocenters. The third-order valence-electron chi connectivity index (χ3n) is 2.47. The zero-order valence-corrected chi connectivity index (χ0v) is 8.67. The number of hydrogen-bond acceptors (Lipinski definition) is 6. The summed E-state index contributed by atoms with van der Waals surface area (Å²) in [6.07, 6.45) is 0. The summed E-state index contributed by atoms with van der Waals surface area (Å²) in [5, 5.41) is 37.2. The molecule has 1 aromatic heterocycles. The van der Waals surface area contributed by atoms with Crippen LogP contribution in [-0.4, -0.2) is 20.4 Å². The fourth-order valence-electron chi connectivity index (χ4n) is 1.65. The molecule has 0 fully saturated rings. The van der Waals surface area contributed by atoms with Crippen molar-refractivity contribution in [3.8, 4) is 11.5 Å². The first-order chi connectivity index (χ1) is 8.08. The van der Waals surface area contributed by atoms with E-state index in [1.165, 1.54) is 12.1 Å². The lowest BCUT2D eigenvalue weighted by molar-refractivity contribution is 0.240. The molecule has 0 aliphatic carbocycles. The van der Waals surface area contributed by atoms with E-state index in [2.05, 4.69) is 0 Å². The van der Waals surface area contributed by atoms with Crippen molar-refractivity contribution in [1.82, 2.24) is 0 Å². The Hall–Kier alpha value is -2.05. The summed E-state index contributed by atoms with van der Waals surface area (Å²) in [5.74, 6) is -0.814. The van der Waals surface area contributed by atoms with Crippen LogP contribution < -0.4 is 5.63 Å². The SMILES string of the molecule is O=c1oc(CO)cc2cc(O)c(CO)c(O)c12. The van der Waals surface area contributed by atoms with E-state index in [1.807, 2.05) is 0 Å². The highest BCUT2D eigenvalue weighted by molar-refractivity contribution is 5.90. The molecule has 0 aliphatic heterocycles. The van der Waals surface area contributed by atoms with Gasteiger partial charge in [-0.3, -0.25) is 0 Å². The summed E-state index contributed by atoms with van der Waals surface area (Å²) < 4.78 is 4.73. The van der Waals surface area contributed by atoms with E-state index in [4.69, 9.17) is 14.6 Å². The Morgan fingerprint density at radius 3 is 2.41 bits per heavy atom. The highest BCUT2D eigenvalue weighted by Gasteiger charge is 2.16. The van der Waals surface area contributed by atoms with Gasteiger partial charge in [-0.15, -0.1) is 0 Å². The second-order valence-corrected chi connectivity index (χ2v) is 3.50. The zero-order chi connectivity index (χ0) is 12.6. The summed E-state index contributed by atoms with van der Waals surface area (Å²) in [7, 11) is 0. The predicted octanol–water partition coefficient (Wildman–Crippen LogP) is 0.189. The first kappa shape index (κ1) is 11.4. The van der Waals surface area contributed by atoms with Gasteiger partial charge in [0.05, 0.1) is 12.2 Å². The van der Waals surface area contributed by atoms with Gasteiger partial charge in [-0.05, 0) is 17.5 Å². The van der Waals surface area contributed by atoms with Crippen LogP contribution in [0.15, 0.2) is 21.3 Å². The number of aliphatic hydroxyl groups is 2. The third-order valence-corrected chi connectivity index (χ3v) is 2.47. The van der Waals surface area contributed by atoms with E-state index in [1.54, 1.807) is 0 Å². The van der Waals surface area contributed by atoms with E-state index in [0.717, 1.165) is 0 Å². The highest BCUT2D eigenvalue weighted by atomic mass is 16.4. The van der Waals surface area contributed by atoms with Crippen LogP contribution in [0.3, 0.4) is 0 Å². The molecule has 4 N–H and O–H groups in total. The third kappa shape index (κ3) is 1.73. The van der Waals surface area contributed by atoms with Gasteiger partial charge in [-0.1, -0.05) is 0 Å². The van der Waals surface area contributed by atoms with Crippen molar-refractivity contribution in [2.45, 2.75) is 13.2 Å². The van der Waals surface area contributed by atoms with Gasteiger partial charge >= 0.3 is 5.63 Å². The van der Waals surface area contributed by atoms with Crippen molar-refractivity contribution >= 4 is 10.8 Å². The average Bonchev–Trinajstić information content (AvgIpc) is 2.28. The molecule has 0 atom stereocenters. The van der Waals surface area contributed by atoms with Crippen molar-refractivity contribution in [2.24, 2.45) is 0 Å². The smallest absolute Gasteiger partial charge is 0.347 e. The number of fused-ring (bicyclic) bond motifs is 1. The maximum atomic E-state index is 11.6. The van der Waals surface area contributed by atoms with Crippen molar-refractivity contribution < 1.29 is 24.8 Å². The van der Waals surface area contributed by atoms with E-state index in [0.29, 0.717) is 0 Å². The molecule has 1 aromatic carbocycles. The highest BCUT2D eigenvalue weighted by Crippen LogP contribution is 2.34. The maximum Gasteiger partial charge on any atom is 0.347 e. The normalized spacial score (nSPS) is 10.9. The first-order valence-electron chi connectivity index (χ1n) is 4.80. The van der Waals surface area contributed by atoms with E-state index >= 15 is 0 Å². The minimum atomic E-state index is -0.834. The molecular weight excluding hydrogens is 228 g/mol. The molecule has 0 saturated heterocycles. The van der Waals surface area contributed by atoms with E-state index < -0.39 is 24.6 Å². The molecule has 0 saturated carbocycles. The number of benzene rings is 1. The molecule has 0 radical (unpaired) electrons. The lowest BCUT2D eigenvalue weighted by Gasteiger charge is -2.08. The molecule has 17 heavy (non-hydrogen) atoms. The van der Waals surface area contributed by atoms with Crippen molar-refractivity contribution in [2.75, 3.05) is 0 Å². The Labute approximate surface area is 95.0 Å². The topological polar surface area (TPSA) is 111 Å². The molecule has 90 valence electrons. The van der Waals surface area contributed by atoms with Crippen LogP contribution in [0.2, 0.25) is 0 Å². The Balaban J connectivity index is 2.92. The number of phenols is 2. The Morgan fingerprint density at radius 2 is 1.82 bits per heavy atom. The van der Waals surface area contributed by atoms with Gasteiger partial charge in [0.15, 0.2) is 0 Å². The average molecular weight is 238 g/mol. The van der Waals surface area contributed by atoms with Gasteiger partial charge in [0, 0.05) is 0 Å². The van der Waals surface area contributed by atoms with Gasteiger partial charge < -0.3 is 24.8 Å². The number of aromatic hydroxyl groups is 2. The van der Waals surface area contributed by atoms with Gasteiger partial charge in [0.2, 0.25) is 0 Å². The molecule has 0 aliphatic rings. The Morgan fingerprint density at radius 1 is 1.12 bits per heavy atom. The summed E-state index contributed by atoms with van der Waals surface area (Å²) in [6.45, 7) is -1.07. The molecule has 0 spiro atoms. The molecule has 1 heterocycles. The van der Waals surface area contributed by atoms with Gasteiger partial charge in [0.1, 0.15) is 29.3 Å². The minimum absolute atomic E-state index is 0.0260. The number of hydrogen-bond donors (Lipinski definition) is 4. The summed E-state index contributed by atoms with van der Waals surface area (Å²) in [6, 6.07) is 2.55. The summed E-state index contributed by atoms with van der Waals surface area (Å²) >= 11 is 0. The van der Waals surface area contributed by atoms with Crippen LogP contribution in [0.1, 0.15) is 11.3 Å².